The first-order valence-corrected chi connectivity index (χ1v) is 7.61. The molecule has 0 amide bonds. The fraction of sp³-hybridized carbons (Fsp3) is 0.357. The average molecular weight is 325 g/mol. The molecule has 96 valence electrons. The van der Waals surface area contributed by atoms with Crippen LogP contribution in [0.2, 0.25) is 0 Å². The van der Waals surface area contributed by atoms with Gasteiger partial charge in [0.1, 0.15) is 0 Å². The molecule has 1 atom stereocenters. The zero-order chi connectivity index (χ0) is 13.1. The van der Waals surface area contributed by atoms with E-state index in [1.807, 2.05) is 14.0 Å². The second-order valence-electron chi connectivity index (χ2n) is 4.43. The molecule has 4 heteroatoms. The molecule has 0 fully saturated rings. The Morgan fingerprint density at radius 2 is 2.17 bits per heavy atom. The number of nitrogens with zero attached hydrogens (tertiary/aromatic N) is 1. The molecule has 0 aliphatic heterocycles. The van der Waals surface area contributed by atoms with Crippen molar-refractivity contribution in [2.75, 3.05) is 7.05 Å². The lowest BCUT2D eigenvalue weighted by Gasteiger charge is -2.18. The van der Waals surface area contributed by atoms with Gasteiger partial charge < -0.3 is 5.32 Å². The highest BCUT2D eigenvalue weighted by molar-refractivity contribution is 9.10. The monoisotopic (exact) mass is 324 g/mol. The molecule has 1 aromatic carbocycles. The Bertz CT molecular complexity index is 536. The Morgan fingerprint density at radius 3 is 2.78 bits per heavy atom. The summed E-state index contributed by atoms with van der Waals surface area (Å²) in [4.78, 5) is 4.54. The molecular weight excluding hydrogens is 308 g/mol. The van der Waals surface area contributed by atoms with Gasteiger partial charge >= 0.3 is 0 Å². The number of aromatic nitrogens is 1. The topological polar surface area (TPSA) is 24.9 Å². The van der Waals surface area contributed by atoms with E-state index < -0.39 is 0 Å². The number of halogens is 1. The lowest BCUT2D eigenvalue weighted by Crippen LogP contribution is -2.19. The normalized spacial score (nSPS) is 12.7. The summed E-state index contributed by atoms with van der Waals surface area (Å²) < 4.78 is 1.12. The van der Waals surface area contributed by atoms with Gasteiger partial charge in [0.15, 0.2) is 0 Å². The lowest BCUT2D eigenvalue weighted by atomic mass is 9.99. The molecule has 1 heterocycles. The van der Waals surface area contributed by atoms with Crippen molar-refractivity contribution in [3.63, 3.8) is 0 Å². The van der Waals surface area contributed by atoms with E-state index in [0.29, 0.717) is 6.04 Å². The standard InChI is InChI=1S/C14H17BrN2S/c1-9-4-5-11(15)6-12(9)13(16-3)7-14-17-10(2)8-18-14/h4-6,8,13,16H,7H2,1-3H3. The number of rotatable bonds is 4. The zero-order valence-electron chi connectivity index (χ0n) is 10.8. The Kier molecular flexibility index (Phi) is 4.54. The first kappa shape index (κ1) is 13.7. The van der Waals surface area contributed by atoms with E-state index in [4.69, 9.17) is 0 Å². The first-order chi connectivity index (χ1) is 8.60. The van der Waals surface area contributed by atoms with Gasteiger partial charge in [-0.3, -0.25) is 0 Å². The van der Waals surface area contributed by atoms with Crippen LogP contribution in [-0.4, -0.2) is 12.0 Å². The summed E-state index contributed by atoms with van der Waals surface area (Å²) in [6.07, 6.45) is 0.937. The van der Waals surface area contributed by atoms with Crippen molar-refractivity contribution in [2.45, 2.75) is 26.3 Å². The van der Waals surface area contributed by atoms with Crippen LogP contribution in [0.4, 0.5) is 0 Å². The predicted octanol–water partition coefficient (Wildman–Crippen LogP) is 4.03. The van der Waals surface area contributed by atoms with E-state index in [9.17, 15) is 0 Å². The third-order valence-electron chi connectivity index (χ3n) is 3.01. The number of aryl methyl sites for hydroxylation is 2. The number of benzene rings is 1. The molecule has 1 aromatic heterocycles. The number of likely N-dealkylation sites (N-methyl/N-ethyl adjacent to an activating group) is 1. The quantitative estimate of drug-likeness (QED) is 0.918. The van der Waals surface area contributed by atoms with Crippen LogP contribution in [0.1, 0.15) is 27.9 Å². The fourth-order valence-corrected chi connectivity index (χ4v) is 3.22. The van der Waals surface area contributed by atoms with Crippen LogP contribution >= 0.6 is 27.3 Å². The van der Waals surface area contributed by atoms with Crippen LogP contribution < -0.4 is 5.32 Å². The number of hydrogen-bond acceptors (Lipinski definition) is 3. The van der Waals surface area contributed by atoms with E-state index in [0.717, 1.165) is 16.6 Å². The van der Waals surface area contributed by atoms with Gasteiger partial charge in [0.25, 0.3) is 0 Å². The summed E-state index contributed by atoms with van der Waals surface area (Å²) in [5.74, 6) is 0. The molecule has 0 radical (unpaired) electrons. The fourth-order valence-electron chi connectivity index (χ4n) is 2.03. The third-order valence-corrected chi connectivity index (χ3v) is 4.49. The van der Waals surface area contributed by atoms with Crippen molar-refractivity contribution in [3.8, 4) is 0 Å². The molecule has 2 nitrogen and oxygen atoms in total. The number of hydrogen-bond donors (Lipinski definition) is 1. The molecule has 0 saturated carbocycles. The van der Waals surface area contributed by atoms with E-state index in [1.165, 1.54) is 16.1 Å². The largest absolute Gasteiger partial charge is 0.313 e. The predicted molar refractivity (Wildman–Crippen MR) is 81.2 cm³/mol. The minimum atomic E-state index is 0.313. The van der Waals surface area contributed by atoms with Crippen LogP contribution in [0.5, 0.6) is 0 Å². The van der Waals surface area contributed by atoms with E-state index in [1.54, 1.807) is 11.3 Å². The van der Waals surface area contributed by atoms with Gasteiger partial charge in [-0.15, -0.1) is 11.3 Å². The first-order valence-electron chi connectivity index (χ1n) is 5.94. The summed E-state index contributed by atoms with van der Waals surface area (Å²) in [5.41, 5.74) is 3.75. The molecule has 18 heavy (non-hydrogen) atoms. The lowest BCUT2D eigenvalue weighted by molar-refractivity contribution is 0.586. The van der Waals surface area contributed by atoms with Crippen LogP contribution in [0.3, 0.4) is 0 Å². The molecule has 2 rings (SSSR count). The van der Waals surface area contributed by atoms with Crippen LogP contribution in [0.15, 0.2) is 28.1 Å². The second-order valence-corrected chi connectivity index (χ2v) is 6.29. The highest BCUT2D eigenvalue weighted by atomic mass is 79.9. The second kappa shape index (κ2) is 5.95. The molecule has 1 N–H and O–H groups in total. The maximum absolute atomic E-state index is 4.54. The third kappa shape index (κ3) is 3.19. The summed E-state index contributed by atoms with van der Waals surface area (Å²) in [5, 5.41) is 6.68. The minimum Gasteiger partial charge on any atom is -0.313 e. The summed E-state index contributed by atoms with van der Waals surface area (Å²) in [6.45, 7) is 4.19. The van der Waals surface area contributed by atoms with E-state index in [-0.39, 0.29) is 0 Å². The van der Waals surface area contributed by atoms with Gasteiger partial charge in [-0.2, -0.15) is 0 Å². The van der Waals surface area contributed by atoms with Crippen LogP contribution in [0.25, 0.3) is 0 Å². The van der Waals surface area contributed by atoms with E-state index in [2.05, 4.69) is 56.7 Å². The number of thiazole rings is 1. The summed E-state index contributed by atoms with van der Waals surface area (Å²) in [7, 11) is 2.01. The van der Waals surface area contributed by atoms with Crippen molar-refractivity contribution in [1.29, 1.82) is 0 Å². The SMILES string of the molecule is CNC(Cc1nc(C)cs1)c1cc(Br)ccc1C. The Hall–Kier alpha value is -0.710. The molecule has 0 bridgehead atoms. The maximum atomic E-state index is 4.54. The Labute approximate surface area is 121 Å². The summed E-state index contributed by atoms with van der Waals surface area (Å²) in [6, 6.07) is 6.74. The molecule has 0 saturated heterocycles. The molecule has 0 aliphatic carbocycles. The van der Waals surface area contributed by atoms with Gasteiger partial charge in [0, 0.05) is 28.0 Å². The molecular formula is C14H17BrN2S. The minimum absolute atomic E-state index is 0.313. The van der Waals surface area contributed by atoms with Crippen molar-refractivity contribution < 1.29 is 0 Å². The Balaban J connectivity index is 2.25. The van der Waals surface area contributed by atoms with Gasteiger partial charge in [-0.05, 0) is 44.2 Å². The molecule has 2 aromatic rings. The highest BCUT2D eigenvalue weighted by Crippen LogP contribution is 2.25. The van der Waals surface area contributed by atoms with Gasteiger partial charge in [-0.25, -0.2) is 4.98 Å². The molecule has 0 aliphatic rings. The zero-order valence-corrected chi connectivity index (χ0v) is 13.2. The smallest absolute Gasteiger partial charge is 0.0947 e. The van der Waals surface area contributed by atoms with Crippen LogP contribution in [0, 0.1) is 13.8 Å². The van der Waals surface area contributed by atoms with Crippen molar-refractivity contribution in [3.05, 3.63) is 49.9 Å². The van der Waals surface area contributed by atoms with Gasteiger partial charge in [-0.1, -0.05) is 22.0 Å². The highest BCUT2D eigenvalue weighted by Gasteiger charge is 2.14. The van der Waals surface area contributed by atoms with Crippen molar-refractivity contribution >= 4 is 27.3 Å². The van der Waals surface area contributed by atoms with Gasteiger partial charge in [0.05, 0.1) is 5.01 Å². The van der Waals surface area contributed by atoms with Gasteiger partial charge in [0.2, 0.25) is 0 Å². The van der Waals surface area contributed by atoms with Crippen LogP contribution in [-0.2, 0) is 6.42 Å². The van der Waals surface area contributed by atoms with Crippen molar-refractivity contribution in [1.82, 2.24) is 10.3 Å². The Morgan fingerprint density at radius 1 is 1.39 bits per heavy atom. The van der Waals surface area contributed by atoms with E-state index >= 15 is 0 Å². The summed E-state index contributed by atoms with van der Waals surface area (Å²) >= 11 is 5.28. The average Bonchev–Trinajstić information content (AvgIpc) is 2.75. The molecule has 0 spiro atoms. The molecule has 1 unspecified atom stereocenters. The maximum Gasteiger partial charge on any atom is 0.0947 e. The van der Waals surface area contributed by atoms with Crippen molar-refractivity contribution in [2.24, 2.45) is 0 Å². The number of nitrogens with one attached hydrogen (secondary N) is 1.